The number of rotatable bonds is 3. The van der Waals surface area contributed by atoms with E-state index >= 15 is 0 Å². The maximum absolute atomic E-state index is 6.42. The van der Waals surface area contributed by atoms with Gasteiger partial charge in [0.05, 0.1) is 11.2 Å². The lowest BCUT2D eigenvalue weighted by atomic mass is 9.90. The summed E-state index contributed by atoms with van der Waals surface area (Å²) in [6.07, 6.45) is -0.369. The monoisotopic (exact) mass is 464 g/mol. The Morgan fingerprint density at radius 2 is 1.18 bits per heavy atom. The summed E-state index contributed by atoms with van der Waals surface area (Å²) in [7, 11) is 0. The first kappa shape index (κ1) is 21.5. The molecular formula is C31H28O2S. The van der Waals surface area contributed by atoms with Crippen LogP contribution in [-0.2, 0) is 9.47 Å². The van der Waals surface area contributed by atoms with Crippen molar-refractivity contribution in [1.29, 1.82) is 0 Å². The Morgan fingerprint density at radius 3 is 1.91 bits per heavy atom. The molecule has 5 aromatic rings. The number of hydrogen-bond acceptors (Lipinski definition) is 3. The molecule has 0 atom stereocenters. The Hall–Kier alpha value is -2.98. The molecule has 1 fully saturated rings. The summed E-state index contributed by atoms with van der Waals surface area (Å²) >= 11 is 1.84. The van der Waals surface area contributed by atoms with Crippen LogP contribution in [-0.4, -0.2) is 11.2 Å². The Balaban J connectivity index is 1.50. The second kappa shape index (κ2) is 7.78. The van der Waals surface area contributed by atoms with Crippen molar-refractivity contribution in [2.45, 2.75) is 45.2 Å². The molecule has 170 valence electrons. The summed E-state index contributed by atoms with van der Waals surface area (Å²) in [6, 6.07) is 32.5. The van der Waals surface area contributed by atoms with Crippen molar-refractivity contribution in [2.75, 3.05) is 0 Å². The minimum atomic E-state index is -0.369. The first-order valence-corrected chi connectivity index (χ1v) is 12.6. The molecule has 1 aromatic heterocycles. The van der Waals surface area contributed by atoms with Crippen LogP contribution in [0.2, 0.25) is 0 Å². The zero-order valence-electron chi connectivity index (χ0n) is 20.0. The van der Waals surface area contributed by atoms with E-state index in [1.54, 1.807) is 0 Å². The highest BCUT2D eigenvalue weighted by Gasteiger charge is 2.49. The lowest BCUT2D eigenvalue weighted by Crippen LogP contribution is -2.41. The molecule has 0 aliphatic carbocycles. The van der Waals surface area contributed by atoms with Crippen LogP contribution in [0.5, 0.6) is 0 Å². The van der Waals surface area contributed by atoms with E-state index in [1.807, 2.05) is 11.3 Å². The van der Waals surface area contributed by atoms with E-state index in [0.29, 0.717) is 0 Å². The van der Waals surface area contributed by atoms with Crippen LogP contribution in [0.1, 0.15) is 39.5 Å². The molecular weight excluding hydrogens is 436 g/mol. The average molecular weight is 465 g/mol. The third kappa shape index (κ3) is 3.39. The topological polar surface area (TPSA) is 18.5 Å². The zero-order valence-corrected chi connectivity index (χ0v) is 20.8. The van der Waals surface area contributed by atoms with Gasteiger partial charge < -0.3 is 9.47 Å². The van der Waals surface area contributed by atoms with Gasteiger partial charge in [-0.1, -0.05) is 84.9 Å². The fourth-order valence-electron chi connectivity index (χ4n) is 4.72. The highest BCUT2D eigenvalue weighted by molar-refractivity contribution is 7.26. The van der Waals surface area contributed by atoms with Crippen LogP contribution in [0.25, 0.3) is 42.4 Å². The van der Waals surface area contributed by atoms with Gasteiger partial charge in [0.15, 0.2) is 6.29 Å². The molecule has 1 saturated heterocycles. The van der Waals surface area contributed by atoms with E-state index in [4.69, 9.17) is 9.47 Å². The third-order valence-electron chi connectivity index (χ3n) is 7.34. The smallest absolute Gasteiger partial charge is 0.186 e. The number of fused-ring (bicyclic) bond motifs is 3. The summed E-state index contributed by atoms with van der Waals surface area (Å²) in [5, 5.41) is 2.54. The second-order valence-electron chi connectivity index (χ2n) is 10.0. The molecule has 34 heavy (non-hydrogen) atoms. The van der Waals surface area contributed by atoms with Crippen LogP contribution in [0.4, 0.5) is 0 Å². The lowest BCUT2D eigenvalue weighted by molar-refractivity contribution is -0.0884. The van der Waals surface area contributed by atoms with E-state index in [1.165, 1.54) is 42.4 Å². The standard InChI is InChI=1S/C31H28O2S/c1-30(2)31(3,4)33-29(32-30)26-18-10-17-25-24-16-9-15-23(27(24)34-28(25)26)22-14-8-13-21(19-22)20-11-6-5-7-12-20/h5-19,29H,1-4H3. The Kier molecular flexibility index (Phi) is 4.93. The highest BCUT2D eigenvalue weighted by Crippen LogP contribution is 2.49. The molecule has 0 unspecified atom stereocenters. The molecule has 0 spiro atoms. The summed E-state index contributed by atoms with van der Waals surface area (Å²) in [5.41, 5.74) is 5.34. The first-order chi connectivity index (χ1) is 16.3. The largest absolute Gasteiger partial charge is 0.339 e. The zero-order chi connectivity index (χ0) is 23.5. The van der Waals surface area contributed by atoms with E-state index in [0.717, 1.165) is 5.56 Å². The van der Waals surface area contributed by atoms with Gasteiger partial charge in [0.25, 0.3) is 0 Å². The fourth-order valence-corrected chi connectivity index (χ4v) is 6.08. The molecule has 1 aliphatic rings. The van der Waals surface area contributed by atoms with Gasteiger partial charge in [-0.15, -0.1) is 11.3 Å². The fraction of sp³-hybridized carbons (Fsp3) is 0.226. The third-order valence-corrected chi connectivity index (χ3v) is 8.65. The molecule has 0 amide bonds. The Morgan fingerprint density at radius 1 is 0.588 bits per heavy atom. The van der Waals surface area contributed by atoms with E-state index in [2.05, 4.69) is 119 Å². The molecule has 6 rings (SSSR count). The number of hydrogen-bond donors (Lipinski definition) is 0. The predicted octanol–water partition coefficient (Wildman–Crippen LogP) is 8.99. The second-order valence-corrected chi connectivity index (χ2v) is 11.1. The average Bonchev–Trinajstić information content (AvgIpc) is 3.32. The highest BCUT2D eigenvalue weighted by atomic mass is 32.1. The summed E-state index contributed by atoms with van der Waals surface area (Å²) in [4.78, 5) is 0. The van der Waals surface area contributed by atoms with Crippen LogP contribution < -0.4 is 0 Å². The number of benzene rings is 4. The van der Waals surface area contributed by atoms with Gasteiger partial charge in [-0.25, -0.2) is 0 Å². The van der Waals surface area contributed by atoms with E-state index < -0.39 is 0 Å². The van der Waals surface area contributed by atoms with Crippen LogP contribution in [0.15, 0.2) is 91.0 Å². The van der Waals surface area contributed by atoms with Crippen molar-refractivity contribution in [1.82, 2.24) is 0 Å². The molecule has 0 N–H and O–H groups in total. The lowest BCUT2D eigenvalue weighted by Gasteiger charge is -2.30. The minimum Gasteiger partial charge on any atom is -0.339 e. The number of ether oxygens (including phenoxy) is 2. The minimum absolute atomic E-state index is 0.362. The van der Waals surface area contributed by atoms with Crippen molar-refractivity contribution in [3.8, 4) is 22.3 Å². The molecule has 0 bridgehead atoms. The SMILES string of the molecule is CC1(C)OC(c2cccc3c2sc2c(-c4cccc(-c5ccccc5)c4)cccc23)OC1(C)C. The quantitative estimate of drug-likeness (QED) is 0.265. The van der Waals surface area contributed by atoms with Crippen molar-refractivity contribution in [2.24, 2.45) is 0 Å². The van der Waals surface area contributed by atoms with Gasteiger partial charge in [0.1, 0.15) is 0 Å². The Bertz CT molecular complexity index is 1500. The molecule has 1 aliphatic heterocycles. The van der Waals surface area contributed by atoms with Gasteiger partial charge in [-0.05, 0) is 56.0 Å². The molecule has 4 aromatic carbocycles. The van der Waals surface area contributed by atoms with Crippen LogP contribution >= 0.6 is 11.3 Å². The Labute approximate surface area is 204 Å². The van der Waals surface area contributed by atoms with Crippen molar-refractivity contribution in [3.05, 3.63) is 96.6 Å². The molecule has 0 saturated carbocycles. The van der Waals surface area contributed by atoms with Gasteiger partial charge >= 0.3 is 0 Å². The normalized spacial score (nSPS) is 17.5. The first-order valence-electron chi connectivity index (χ1n) is 11.8. The summed E-state index contributed by atoms with van der Waals surface area (Å²) in [6.45, 7) is 8.43. The number of thiophene rings is 1. The summed E-state index contributed by atoms with van der Waals surface area (Å²) in [5.74, 6) is 0. The van der Waals surface area contributed by atoms with E-state index in [9.17, 15) is 0 Å². The van der Waals surface area contributed by atoms with Crippen molar-refractivity contribution < 1.29 is 9.47 Å². The van der Waals surface area contributed by atoms with Crippen LogP contribution in [0, 0.1) is 0 Å². The molecule has 2 nitrogen and oxygen atoms in total. The summed E-state index contributed by atoms with van der Waals surface area (Å²) < 4.78 is 15.4. The van der Waals surface area contributed by atoms with Crippen molar-refractivity contribution in [3.63, 3.8) is 0 Å². The van der Waals surface area contributed by atoms with Gasteiger partial charge in [-0.3, -0.25) is 0 Å². The maximum Gasteiger partial charge on any atom is 0.186 e. The van der Waals surface area contributed by atoms with Gasteiger partial charge in [0.2, 0.25) is 0 Å². The van der Waals surface area contributed by atoms with Crippen LogP contribution in [0.3, 0.4) is 0 Å². The van der Waals surface area contributed by atoms with E-state index in [-0.39, 0.29) is 17.5 Å². The molecule has 2 heterocycles. The van der Waals surface area contributed by atoms with Gasteiger partial charge in [-0.2, -0.15) is 0 Å². The van der Waals surface area contributed by atoms with Gasteiger partial charge in [0, 0.05) is 25.7 Å². The molecule has 0 radical (unpaired) electrons. The molecule has 3 heteroatoms. The predicted molar refractivity (Wildman–Crippen MR) is 143 cm³/mol. The maximum atomic E-state index is 6.42. The van der Waals surface area contributed by atoms with Crippen molar-refractivity contribution >= 4 is 31.5 Å².